The number of benzene rings is 1. The first-order valence-electron chi connectivity index (χ1n) is 7.58. The smallest absolute Gasteiger partial charge is 0.251 e. The van der Waals surface area contributed by atoms with E-state index in [1.807, 2.05) is 13.8 Å². The molecule has 1 rings (SSSR count). The van der Waals surface area contributed by atoms with E-state index in [0.29, 0.717) is 21.5 Å². The van der Waals surface area contributed by atoms with Gasteiger partial charge < -0.3 is 14.8 Å². The molecule has 1 N–H and O–H groups in total. The van der Waals surface area contributed by atoms with E-state index in [2.05, 4.69) is 28.2 Å². The Hall–Kier alpha value is -1.23. The van der Waals surface area contributed by atoms with Gasteiger partial charge in [-0.1, -0.05) is 26.2 Å². The molecule has 124 valence electrons. The standard InChI is InChI=1S/C17H26BrNO3/c1-6-7-8-9-17(2,3)19-16(20)12-10-13(21-4)15(18)14(11-12)22-5/h10-11H,6-9H2,1-5H3,(H,19,20). The molecule has 0 aliphatic rings. The first-order valence-corrected chi connectivity index (χ1v) is 8.38. The summed E-state index contributed by atoms with van der Waals surface area (Å²) in [7, 11) is 3.13. The van der Waals surface area contributed by atoms with Crippen molar-refractivity contribution in [2.45, 2.75) is 52.0 Å². The number of carbonyl (C=O) groups is 1. The van der Waals surface area contributed by atoms with Crippen LogP contribution in [0.2, 0.25) is 0 Å². The molecule has 0 spiro atoms. The zero-order valence-corrected chi connectivity index (χ0v) is 15.7. The van der Waals surface area contributed by atoms with Crippen LogP contribution in [-0.4, -0.2) is 25.7 Å². The van der Waals surface area contributed by atoms with Crippen molar-refractivity contribution in [1.29, 1.82) is 0 Å². The van der Waals surface area contributed by atoms with Crippen LogP contribution in [0.1, 0.15) is 56.8 Å². The average Bonchev–Trinajstić information content (AvgIpc) is 2.47. The van der Waals surface area contributed by atoms with Crippen molar-refractivity contribution in [2.75, 3.05) is 14.2 Å². The second-order valence-electron chi connectivity index (χ2n) is 5.99. The molecule has 0 heterocycles. The lowest BCUT2D eigenvalue weighted by Gasteiger charge is -2.26. The molecule has 0 radical (unpaired) electrons. The second-order valence-corrected chi connectivity index (χ2v) is 6.78. The molecule has 0 aliphatic heterocycles. The molecule has 0 bridgehead atoms. The summed E-state index contributed by atoms with van der Waals surface area (Å²) in [6.07, 6.45) is 4.42. The van der Waals surface area contributed by atoms with E-state index in [1.165, 1.54) is 12.8 Å². The van der Waals surface area contributed by atoms with Gasteiger partial charge >= 0.3 is 0 Å². The quantitative estimate of drug-likeness (QED) is 0.681. The normalized spacial score (nSPS) is 11.2. The van der Waals surface area contributed by atoms with Crippen molar-refractivity contribution in [3.05, 3.63) is 22.2 Å². The van der Waals surface area contributed by atoms with Gasteiger partial charge in [-0.2, -0.15) is 0 Å². The summed E-state index contributed by atoms with van der Waals surface area (Å²) in [6.45, 7) is 6.27. The zero-order chi connectivity index (χ0) is 16.8. The van der Waals surface area contributed by atoms with Crippen LogP contribution >= 0.6 is 15.9 Å². The molecule has 1 aromatic carbocycles. The van der Waals surface area contributed by atoms with Crippen LogP contribution in [0.5, 0.6) is 11.5 Å². The van der Waals surface area contributed by atoms with Gasteiger partial charge in [0.2, 0.25) is 0 Å². The molecule has 0 fully saturated rings. The largest absolute Gasteiger partial charge is 0.495 e. The van der Waals surface area contributed by atoms with Crippen molar-refractivity contribution in [1.82, 2.24) is 5.32 Å². The minimum atomic E-state index is -0.236. The summed E-state index contributed by atoms with van der Waals surface area (Å²) in [5.74, 6) is 1.03. The van der Waals surface area contributed by atoms with Crippen molar-refractivity contribution >= 4 is 21.8 Å². The monoisotopic (exact) mass is 371 g/mol. The van der Waals surface area contributed by atoms with Gasteiger partial charge in [0.05, 0.1) is 14.2 Å². The Morgan fingerprint density at radius 3 is 2.18 bits per heavy atom. The Balaban J connectivity index is 2.89. The predicted molar refractivity (Wildman–Crippen MR) is 92.9 cm³/mol. The molecular formula is C17H26BrNO3. The fraction of sp³-hybridized carbons (Fsp3) is 0.588. The highest BCUT2D eigenvalue weighted by molar-refractivity contribution is 9.10. The van der Waals surface area contributed by atoms with Crippen LogP contribution in [0.15, 0.2) is 16.6 Å². The highest BCUT2D eigenvalue weighted by Crippen LogP contribution is 2.35. The Morgan fingerprint density at radius 2 is 1.73 bits per heavy atom. The van der Waals surface area contributed by atoms with Crippen molar-refractivity contribution < 1.29 is 14.3 Å². The number of hydrogen-bond acceptors (Lipinski definition) is 3. The predicted octanol–water partition coefficient (Wildman–Crippen LogP) is 4.56. The minimum Gasteiger partial charge on any atom is -0.495 e. The van der Waals surface area contributed by atoms with Crippen LogP contribution in [0, 0.1) is 0 Å². The number of carbonyl (C=O) groups excluding carboxylic acids is 1. The maximum Gasteiger partial charge on any atom is 0.251 e. The van der Waals surface area contributed by atoms with Crippen LogP contribution in [0.3, 0.4) is 0 Å². The highest BCUT2D eigenvalue weighted by atomic mass is 79.9. The molecular weight excluding hydrogens is 346 g/mol. The van der Waals surface area contributed by atoms with Gasteiger partial charge in [-0.15, -0.1) is 0 Å². The lowest BCUT2D eigenvalue weighted by Crippen LogP contribution is -2.43. The molecule has 4 nitrogen and oxygen atoms in total. The fourth-order valence-electron chi connectivity index (χ4n) is 2.26. The number of methoxy groups -OCH3 is 2. The van der Waals surface area contributed by atoms with Gasteiger partial charge in [0.1, 0.15) is 16.0 Å². The molecule has 0 saturated carbocycles. The number of rotatable bonds is 8. The Bertz CT molecular complexity index is 490. The van der Waals surface area contributed by atoms with E-state index in [0.717, 1.165) is 12.8 Å². The summed E-state index contributed by atoms with van der Waals surface area (Å²) in [5.41, 5.74) is 0.292. The van der Waals surface area contributed by atoms with E-state index in [4.69, 9.17) is 9.47 Å². The maximum absolute atomic E-state index is 12.5. The van der Waals surface area contributed by atoms with Crippen molar-refractivity contribution in [3.63, 3.8) is 0 Å². The number of nitrogens with one attached hydrogen (secondary N) is 1. The van der Waals surface area contributed by atoms with Crippen LogP contribution < -0.4 is 14.8 Å². The summed E-state index contributed by atoms with van der Waals surface area (Å²) >= 11 is 3.41. The minimum absolute atomic E-state index is 0.120. The SMILES string of the molecule is CCCCCC(C)(C)NC(=O)c1cc(OC)c(Br)c(OC)c1. The van der Waals surface area contributed by atoms with Gasteiger partial charge in [-0.25, -0.2) is 0 Å². The van der Waals surface area contributed by atoms with Crippen LogP contribution in [-0.2, 0) is 0 Å². The highest BCUT2D eigenvalue weighted by Gasteiger charge is 2.22. The Kier molecular flexibility index (Phi) is 7.20. The van der Waals surface area contributed by atoms with Crippen molar-refractivity contribution in [3.8, 4) is 11.5 Å². The maximum atomic E-state index is 12.5. The van der Waals surface area contributed by atoms with Gasteiger partial charge in [0.15, 0.2) is 0 Å². The topological polar surface area (TPSA) is 47.6 Å². The van der Waals surface area contributed by atoms with E-state index in [1.54, 1.807) is 26.4 Å². The lowest BCUT2D eigenvalue weighted by atomic mass is 9.96. The first kappa shape index (κ1) is 18.8. The van der Waals surface area contributed by atoms with E-state index in [-0.39, 0.29) is 11.4 Å². The van der Waals surface area contributed by atoms with Crippen molar-refractivity contribution in [2.24, 2.45) is 0 Å². The van der Waals surface area contributed by atoms with Gasteiger partial charge in [-0.05, 0) is 48.3 Å². The summed E-state index contributed by atoms with van der Waals surface area (Å²) < 4.78 is 11.3. The third kappa shape index (κ3) is 5.20. The summed E-state index contributed by atoms with van der Waals surface area (Å²) in [4.78, 5) is 12.5. The van der Waals surface area contributed by atoms with Gasteiger partial charge in [0.25, 0.3) is 5.91 Å². The van der Waals surface area contributed by atoms with E-state index >= 15 is 0 Å². The van der Waals surface area contributed by atoms with Crippen LogP contribution in [0.4, 0.5) is 0 Å². The van der Waals surface area contributed by atoms with Crippen LogP contribution in [0.25, 0.3) is 0 Å². The number of unbranched alkanes of at least 4 members (excludes halogenated alkanes) is 2. The summed E-state index contributed by atoms with van der Waals surface area (Å²) in [5, 5.41) is 3.09. The number of amides is 1. The molecule has 5 heteroatoms. The second kappa shape index (κ2) is 8.42. The molecule has 0 atom stereocenters. The van der Waals surface area contributed by atoms with E-state index < -0.39 is 0 Å². The number of halogens is 1. The number of ether oxygens (including phenoxy) is 2. The Labute approximate surface area is 141 Å². The molecule has 0 aliphatic carbocycles. The lowest BCUT2D eigenvalue weighted by molar-refractivity contribution is 0.0907. The molecule has 1 amide bonds. The zero-order valence-electron chi connectivity index (χ0n) is 14.1. The van der Waals surface area contributed by atoms with E-state index in [9.17, 15) is 4.79 Å². The molecule has 0 unspecified atom stereocenters. The Morgan fingerprint density at radius 1 is 1.18 bits per heavy atom. The molecule has 22 heavy (non-hydrogen) atoms. The third-order valence-electron chi connectivity index (χ3n) is 3.57. The molecule has 0 aromatic heterocycles. The average molecular weight is 372 g/mol. The number of hydrogen-bond donors (Lipinski definition) is 1. The fourth-order valence-corrected chi connectivity index (χ4v) is 2.81. The van der Waals surface area contributed by atoms with Gasteiger partial charge in [-0.3, -0.25) is 4.79 Å². The van der Waals surface area contributed by atoms with Gasteiger partial charge in [0, 0.05) is 11.1 Å². The molecule has 1 aromatic rings. The summed E-state index contributed by atoms with van der Waals surface area (Å²) in [6, 6.07) is 3.42. The third-order valence-corrected chi connectivity index (χ3v) is 4.35. The first-order chi connectivity index (χ1) is 10.3. The molecule has 0 saturated heterocycles.